The Kier molecular flexibility index (Phi) is 3.50. The number of rotatable bonds is 2. The summed E-state index contributed by atoms with van der Waals surface area (Å²) in [7, 11) is 0. The van der Waals surface area contributed by atoms with Gasteiger partial charge in [-0.2, -0.15) is 0 Å². The molecular formula is C24H34O3. The molecule has 1 N–H and O–H groups in total. The molecule has 5 fully saturated rings. The Morgan fingerprint density at radius 1 is 1.19 bits per heavy atom. The van der Waals surface area contributed by atoms with Crippen LogP contribution in [0.5, 0.6) is 0 Å². The van der Waals surface area contributed by atoms with Crippen molar-refractivity contribution in [2.75, 3.05) is 13.2 Å². The van der Waals surface area contributed by atoms with E-state index in [0.717, 1.165) is 56.1 Å². The maximum absolute atomic E-state index is 11.7. The Bertz CT molecular complexity index is 692. The van der Waals surface area contributed by atoms with Gasteiger partial charge in [-0.05, 0) is 74.0 Å². The van der Waals surface area contributed by atoms with Crippen LogP contribution in [0, 0.1) is 40.9 Å². The summed E-state index contributed by atoms with van der Waals surface area (Å²) >= 11 is 0. The summed E-state index contributed by atoms with van der Waals surface area (Å²) < 4.78 is 12.0. The highest BCUT2D eigenvalue weighted by molar-refractivity contribution is 5.28. The SMILES string of the molecule is C=CC[C@]1(O)C2CC2C2C3CC=C4CC5(CCC4C3CC[C@@]21C)OCCO5. The molecule has 6 unspecified atom stereocenters. The van der Waals surface area contributed by atoms with Crippen LogP contribution < -0.4 is 0 Å². The first-order valence-electron chi connectivity index (χ1n) is 11.3. The van der Waals surface area contributed by atoms with Gasteiger partial charge in [0.25, 0.3) is 0 Å². The lowest BCUT2D eigenvalue weighted by Gasteiger charge is -2.57. The molecule has 6 rings (SSSR count). The molecule has 0 aromatic heterocycles. The van der Waals surface area contributed by atoms with Crippen molar-refractivity contribution in [2.24, 2.45) is 40.9 Å². The quantitative estimate of drug-likeness (QED) is 0.729. The fourth-order valence-electron chi connectivity index (χ4n) is 8.73. The third kappa shape index (κ3) is 2.09. The first-order chi connectivity index (χ1) is 13.0. The van der Waals surface area contributed by atoms with Gasteiger partial charge in [-0.15, -0.1) is 6.58 Å². The van der Waals surface area contributed by atoms with Crippen LogP contribution in [0.2, 0.25) is 0 Å². The fourth-order valence-corrected chi connectivity index (χ4v) is 8.73. The molecule has 1 spiro atoms. The molecular weight excluding hydrogens is 336 g/mol. The van der Waals surface area contributed by atoms with Gasteiger partial charge in [-0.1, -0.05) is 24.6 Å². The van der Waals surface area contributed by atoms with E-state index in [0.29, 0.717) is 11.8 Å². The predicted octanol–water partition coefficient (Wildman–Crippen LogP) is 4.47. The minimum atomic E-state index is -0.499. The van der Waals surface area contributed by atoms with E-state index in [-0.39, 0.29) is 11.2 Å². The van der Waals surface area contributed by atoms with Gasteiger partial charge in [0.2, 0.25) is 0 Å². The standard InChI is InChI=1S/C24H34O3/c1-3-8-24(25)20-13-19(20)21-18-5-4-15-14-23(26-11-12-27-23)10-7-16(15)17(18)6-9-22(21,24)2/h3-4,16-21,25H,1,5-14H2,2H3/t16?,17?,18?,19?,20?,21?,22-,24-/m0/s1. The summed E-state index contributed by atoms with van der Waals surface area (Å²) in [4.78, 5) is 0. The van der Waals surface area contributed by atoms with E-state index in [1.165, 1.54) is 32.1 Å². The molecule has 0 amide bonds. The van der Waals surface area contributed by atoms with E-state index in [1.54, 1.807) is 5.57 Å². The van der Waals surface area contributed by atoms with Crippen LogP contribution in [0.4, 0.5) is 0 Å². The van der Waals surface area contributed by atoms with Gasteiger partial charge in [-0.25, -0.2) is 0 Å². The van der Waals surface area contributed by atoms with Crippen molar-refractivity contribution in [3.63, 3.8) is 0 Å². The number of aliphatic hydroxyl groups is 1. The van der Waals surface area contributed by atoms with Gasteiger partial charge >= 0.3 is 0 Å². The largest absolute Gasteiger partial charge is 0.389 e. The molecule has 148 valence electrons. The minimum absolute atomic E-state index is 0.0921. The zero-order chi connectivity index (χ0) is 18.4. The van der Waals surface area contributed by atoms with Crippen molar-refractivity contribution < 1.29 is 14.6 Å². The Balaban J connectivity index is 1.31. The number of hydrogen-bond donors (Lipinski definition) is 1. The van der Waals surface area contributed by atoms with Crippen LogP contribution in [0.1, 0.15) is 58.3 Å². The molecule has 3 nitrogen and oxygen atoms in total. The lowest BCUT2D eigenvalue weighted by atomic mass is 9.49. The van der Waals surface area contributed by atoms with Crippen molar-refractivity contribution in [3.8, 4) is 0 Å². The molecule has 1 heterocycles. The zero-order valence-electron chi connectivity index (χ0n) is 16.7. The first-order valence-corrected chi connectivity index (χ1v) is 11.3. The second-order valence-corrected chi connectivity index (χ2v) is 10.7. The summed E-state index contributed by atoms with van der Waals surface area (Å²) in [6.45, 7) is 7.90. The maximum Gasteiger partial charge on any atom is 0.172 e. The van der Waals surface area contributed by atoms with Crippen molar-refractivity contribution in [2.45, 2.75) is 69.7 Å². The fraction of sp³-hybridized carbons (Fsp3) is 0.833. The molecule has 1 saturated heterocycles. The van der Waals surface area contributed by atoms with Gasteiger partial charge in [0, 0.05) is 18.3 Å². The summed E-state index contributed by atoms with van der Waals surface area (Å²) in [6, 6.07) is 0. The van der Waals surface area contributed by atoms with Gasteiger partial charge in [0.15, 0.2) is 5.79 Å². The summed E-state index contributed by atoms with van der Waals surface area (Å²) in [5, 5.41) is 11.7. The number of fused-ring (bicyclic) bond motifs is 7. The van der Waals surface area contributed by atoms with E-state index >= 15 is 0 Å². The Hall–Kier alpha value is -0.640. The van der Waals surface area contributed by atoms with Gasteiger partial charge in [0.1, 0.15) is 0 Å². The van der Waals surface area contributed by atoms with E-state index in [4.69, 9.17) is 9.47 Å². The predicted molar refractivity (Wildman–Crippen MR) is 104 cm³/mol. The molecule has 0 bridgehead atoms. The molecule has 0 aromatic rings. The van der Waals surface area contributed by atoms with Crippen molar-refractivity contribution in [3.05, 3.63) is 24.3 Å². The number of hydrogen-bond acceptors (Lipinski definition) is 3. The topological polar surface area (TPSA) is 38.7 Å². The number of ether oxygens (including phenoxy) is 2. The van der Waals surface area contributed by atoms with E-state index < -0.39 is 5.60 Å². The van der Waals surface area contributed by atoms with Gasteiger partial charge in [-0.3, -0.25) is 0 Å². The lowest BCUT2D eigenvalue weighted by Crippen LogP contribution is -2.55. The van der Waals surface area contributed by atoms with Crippen molar-refractivity contribution >= 4 is 0 Å². The minimum Gasteiger partial charge on any atom is -0.389 e. The van der Waals surface area contributed by atoms with Crippen LogP contribution in [0.25, 0.3) is 0 Å². The van der Waals surface area contributed by atoms with Gasteiger partial charge < -0.3 is 14.6 Å². The molecule has 27 heavy (non-hydrogen) atoms. The van der Waals surface area contributed by atoms with Crippen molar-refractivity contribution in [1.29, 1.82) is 0 Å². The highest BCUT2D eigenvalue weighted by Crippen LogP contribution is 2.76. The average molecular weight is 371 g/mol. The second-order valence-electron chi connectivity index (χ2n) is 10.7. The summed E-state index contributed by atoms with van der Waals surface area (Å²) in [5.41, 5.74) is 1.22. The molecule has 0 aromatic carbocycles. The van der Waals surface area contributed by atoms with E-state index in [9.17, 15) is 5.11 Å². The third-order valence-corrected chi connectivity index (χ3v) is 9.87. The van der Waals surface area contributed by atoms with Gasteiger partial charge in [0.05, 0.1) is 18.8 Å². The Morgan fingerprint density at radius 3 is 2.78 bits per heavy atom. The van der Waals surface area contributed by atoms with Crippen LogP contribution >= 0.6 is 0 Å². The smallest absolute Gasteiger partial charge is 0.172 e. The number of allylic oxidation sites excluding steroid dienone is 1. The van der Waals surface area contributed by atoms with Crippen LogP contribution in [-0.4, -0.2) is 29.7 Å². The first kappa shape index (κ1) is 17.2. The third-order valence-electron chi connectivity index (χ3n) is 9.87. The Morgan fingerprint density at radius 2 is 2.00 bits per heavy atom. The van der Waals surface area contributed by atoms with Crippen LogP contribution in [-0.2, 0) is 9.47 Å². The molecule has 6 aliphatic rings. The van der Waals surface area contributed by atoms with Crippen molar-refractivity contribution in [1.82, 2.24) is 0 Å². The summed E-state index contributed by atoms with van der Waals surface area (Å²) in [6.07, 6.45) is 13.5. The molecule has 3 heteroatoms. The molecule has 1 aliphatic heterocycles. The van der Waals surface area contributed by atoms with Crippen LogP contribution in [0.15, 0.2) is 24.3 Å². The Labute approximate surface area is 163 Å². The average Bonchev–Trinajstić information content (AvgIpc) is 3.28. The highest BCUT2D eigenvalue weighted by atomic mass is 16.7. The molecule has 0 radical (unpaired) electrons. The maximum atomic E-state index is 11.7. The lowest BCUT2D eigenvalue weighted by molar-refractivity contribution is -0.179. The van der Waals surface area contributed by atoms with Crippen LogP contribution in [0.3, 0.4) is 0 Å². The molecule has 5 aliphatic carbocycles. The molecule has 4 saturated carbocycles. The summed E-state index contributed by atoms with van der Waals surface area (Å²) in [5.74, 6) is 4.02. The highest BCUT2D eigenvalue weighted by Gasteiger charge is 2.75. The van der Waals surface area contributed by atoms with E-state index in [2.05, 4.69) is 19.6 Å². The van der Waals surface area contributed by atoms with E-state index in [1.807, 2.05) is 6.08 Å². The normalized spacial score (nSPS) is 54.5. The molecule has 8 atom stereocenters. The zero-order valence-corrected chi connectivity index (χ0v) is 16.7. The monoisotopic (exact) mass is 370 g/mol. The second kappa shape index (κ2) is 5.49.